The van der Waals surface area contributed by atoms with Crippen molar-refractivity contribution in [2.45, 2.75) is 0 Å². The lowest BCUT2D eigenvalue weighted by molar-refractivity contribution is -0.605. The number of hydrogen-bond acceptors (Lipinski definition) is 8. The van der Waals surface area contributed by atoms with Gasteiger partial charge in [0.2, 0.25) is 0 Å². The predicted octanol–water partition coefficient (Wildman–Crippen LogP) is 0.570. The smallest absolute Gasteiger partial charge is 0.322 e. The van der Waals surface area contributed by atoms with E-state index in [9.17, 15) is 25.4 Å². The van der Waals surface area contributed by atoms with Gasteiger partial charge in [-0.15, -0.1) is 0 Å². The lowest BCUT2D eigenvalue weighted by Crippen LogP contribution is -2.22. The largest absolute Gasteiger partial charge is 0.619 e. The Morgan fingerprint density at radius 1 is 0.864 bits per heavy atom. The Labute approximate surface area is 123 Å². The van der Waals surface area contributed by atoms with Gasteiger partial charge in [-0.2, -0.15) is 4.73 Å². The summed E-state index contributed by atoms with van der Waals surface area (Å²) < 4.78 is 0.750. The van der Waals surface area contributed by atoms with E-state index in [-0.39, 0.29) is 11.4 Å². The molecule has 116 valence electrons. The van der Waals surface area contributed by atoms with Crippen LogP contribution in [0.15, 0.2) is 36.7 Å². The Morgan fingerprint density at radius 2 is 1.27 bits per heavy atom. The highest BCUT2D eigenvalue weighted by molar-refractivity contribution is 5.88. The van der Waals surface area contributed by atoms with Crippen LogP contribution in [0.3, 0.4) is 0 Å². The first-order valence-electron chi connectivity index (χ1n) is 5.65. The van der Waals surface area contributed by atoms with Crippen LogP contribution in [-0.4, -0.2) is 9.85 Å². The average Bonchev–Trinajstić information content (AvgIpc) is 2.38. The first-order chi connectivity index (χ1) is 10.3. The number of nitro groups is 2. The van der Waals surface area contributed by atoms with Crippen molar-refractivity contribution in [3.63, 3.8) is 0 Å². The molecule has 1 aromatic heterocycles. The summed E-state index contributed by atoms with van der Waals surface area (Å²) in [7, 11) is 0. The van der Waals surface area contributed by atoms with Gasteiger partial charge >= 0.3 is 11.4 Å². The zero-order chi connectivity index (χ0) is 16.9. The van der Waals surface area contributed by atoms with Crippen molar-refractivity contribution in [3.05, 3.63) is 62.1 Å². The lowest BCUT2D eigenvalue weighted by Gasteiger charge is -2.04. The predicted molar refractivity (Wildman–Crippen MR) is 78.4 cm³/mol. The molecule has 1 aromatic carbocycles. The van der Waals surface area contributed by atoms with Gasteiger partial charge in [-0.05, 0) is 6.07 Å². The van der Waals surface area contributed by atoms with Gasteiger partial charge in [-0.25, -0.2) is 0 Å². The molecule has 11 heteroatoms. The minimum Gasteiger partial charge on any atom is -0.619 e. The molecule has 0 aliphatic heterocycles. The lowest BCUT2D eigenvalue weighted by atomic mass is 10.2. The van der Waals surface area contributed by atoms with E-state index in [1.165, 1.54) is 12.4 Å². The first kappa shape index (κ1) is 16.4. The summed E-state index contributed by atoms with van der Waals surface area (Å²) in [5, 5.41) is 31.2. The topological polar surface area (TPSA) is 191 Å². The molecular formula is C11H12N6O5. The van der Waals surface area contributed by atoms with Gasteiger partial charge in [0.05, 0.1) is 9.85 Å². The molecule has 1 heterocycles. The number of nitrogens with zero attached hydrogens (tertiary/aromatic N) is 3. The molecule has 0 saturated heterocycles. The van der Waals surface area contributed by atoms with Crippen molar-refractivity contribution in [2.24, 2.45) is 0 Å². The van der Waals surface area contributed by atoms with E-state index in [2.05, 4.69) is 0 Å². The number of nitrogens with two attached hydrogens (primary N) is 3. The number of pyridine rings is 1. The number of aromatic nitrogens is 1. The number of benzene rings is 1. The van der Waals surface area contributed by atoms with Crippen LogP contribution in [0.5, 0.6) is 0 Å². The normalized spacial score (nSPS) is 9.45. The number of rotatable bonds is 2. The number of anilines is 3. The van der Waals surface area contributed by atoms with Crippen molar-refractivity contribution >= 4 is 28.4 Å². The summed E-state index contributed by atoms with van der Waals surface area (Å²) in [6.07, 6.45) is 2.89. The summed E-state index contributed by atoms with van der Waals surface area (Å²) >= 11 is 0. The molecule has 0 aliphatic carbocycles. The van der Waals surface area contributed by atoms with E-state index in [0.717, 1.165) is 10.8 Å². The second-order valence-electron chi connectivity index (χ2n) is 3.92. The maximum atomic E-state index is 10.5. The minimum atomic E-state index is -0.892. The zero-order valence-electron chi connectivity index (χ0n) is 11.1. The Hall–Kier alpha value is -3.63. The van der Waals surface area contributed by atoms with E-state index in [1.54, 1.807) is 18.2 Å². The van der Waals surface area contributed by atoms with Crippen LogP contribution in [0.4, 0.5) is 28.4 Å². The number of nitro benzene ring substituents is 2. The number of hydrogen-bond donors (Lipinski definition) is 3. The summed E-state index contributed by atoms with van der Waals surface area (Å²) in [6, 6.07) is 6.11. The highest BCUT2D eigenvalue weighted by Crippen LogP contribution is 2.40. The molecular weight excluding hydrogens is 296 g/mol. The van der Waals surface area contributed by atoms with Gasteiger partial charge in [0.15, 0.2) is 18.1 Å². The maximum Gasteiger partial charge on any atom is 0.322 e. The van der Waals surface area contributed by atoms with E-state index in [1.807, 2.05) is 0 Å². The molecule has 0 fully saturated rings. The van der Waals surface area contributed by atoms with Crippen molar-refractivity contribution in [1.82, 2.24) is 0 Å². The third-order valence-corrected chi connectivity index (χ3v) is 2.42. The Balaban J connectivity index is 0.000000287. The molecule has 0 saturated carbocycles. The van der Waals surface area contributed by atoms with Crippen LogP contribution in [0.25, 0.3) is 0 Å². The minimum absolute atomic E-state index is 0.305. The van der Waals surface area contributed by atoms with Crippen LogP contribution < -0.4 is 21.9 Å². The van der Waals surface area contributed by atoms with Crippen LogP contribution in [0.2, 0.25) is 0 Å². The maximum absolute atomic E-state index is 10.5. The van der Waals surface area contributed by atoms with E-state index in [0.29, 0.717) is 0 Å². The van der Waals surface area contributed by atoms with E-state index >= 15 is 0 Å². The van der Waals surface area contributed by atoms with Crippen molar-refractivity contribution in [2.75, 3.05) is 17.2 Å². The summed E-state index contributed by atoms with van der Waals surface area (Å²) in [5.74, 6) is 0. The Morgan fingerprint density at radius 3 is 1.55 bits per heavy atom. The van der Waals surface area contributed by atoms with Crippen molar-refractivity contribution < 1.29 is 14.6 Å². The SMILES string of the molecule is Nc1cc(N)c([N+](=O)[O-])c(N)c1[N+](=O)[O-].[O-][n+]1ccccc1. The molecule has 2 aromatic rings. The molecule has 0 bridgehead atoms. The van der Waals surface area contributed by atoms with Crippen LogP contribution in [0, 0.1) is 25.4 Å². The quantitative estimate of drug-likeness (QED) is 0.235. The molecule has 6 N–H and O–H groups in total. The second-order valence-corrected chi connectivity index (χ2v) is 3.92. The van der Waals surface area contributed by atoms with Crippen LogP contribution in [0.1, 0.15) is 0 Å². The van der Waals surface area contributed by atoms with Gasteiger partial charge < -0.3 is 22.4 Å². The third kappa shape index (κ3) is 3.69. The van der Waals surface area contributed by atoms with Crippen molar-refractivity contribution in [3.8, 4) is 0 Å². The van der Waals surface area contributed by atoms with E-state index < -0.39 is 26.9 Å². The van der Waals surface area contributed by atoms with Gasteiger partial charge in [-0.3, -0.25) is 20.2 Å². The summed E-state index contributed by atoms with van der Waals surface area (Å²) in [5.41, 5.74) is 13.1. The third-order valence-electron chi connectivity index (χ3n) is 2.42. The van der Waals surface area contributed by atoms with Crippen LogP contribution in [-0.2, 0) is 0 Å². The Kier molecular flexibility index (Phi) is 5.00. The van der Waals surface area contributed by atoms with E-state index in [4.69, 9.17) is 17.2 Å². The number of nitrogen functional groups attached to an aromatic ring is 3. The van der Waals surface area contributed by atoms with Gasteiger partial charge in [0.25, 0.3) is 0 Å². The Bertz CT molecular complexity index is 668. The highest BCUT2D eigenvalue weighted by Gasteiger charge is 2.28. The first-order valence-corrected chi connectivity index (χ1v) is 5.65. The molecule has 0 unspecified atom stereocenters. The van der Waals surface area contributed by atoms with Gasteiger partial charge in [0, 0.05) is 12.1 Å². The fourth-order valence-corrected chi connectivity index (χ4v) is 1.52. The second kappa shape index (κ2) is 6.69. The molecule has 0 amide bonds. The molecule has 2 rings (SSSR count). The highest BCUT2D eigenvalue weighted by atomic mass is 16.6. The molecule has 0 radical (unpaired) electrons. The molecule has 22 heavy (non-hydrogen) atoms. The molecule has 0 atom stereocenters. The summed E-state index contributed by atoms with van der Waals surface area (Å²) in [6.45, 7) is 0. The van der Waals surface area contributed by atoms with Gasteiger partial charge in [-0.1, -0.05) is 6.07 Å². The zero-order valence-corrected chi connectivity index (χ0v) is 11.1. The fraction of sp³-hybridized carbons (Fsp3) is 0. The van der Waals surface area contributed by atoms with Crippen molar-refractivity contribution in [1.29, 1.82) is 0 Å². The van der Waals surface area contributed by atoms with Gasteiger partial charge in [0.1, 0.15) is 11.4 Å². The molecule has 11 nitrogen and oxygen atoms in total. The monoisotopic (exact) mass is 308 g/mol. The average molecular weight is 308 g/mol. The molecule has 0 spiro atoms. The standard InChI is InChI=1S/C6H7N5O4.C5H5NO/c7-2-1-3(8)6(11(14)15)4(9)5(2)10(12)13;7-6-4-2-1-3-5-6/h1H,7-9H2;1-5H. The van der Waals surface area contributed by atoms with Crippen LogP contribution >= 0.6 is 0 Å². The fourth-order valence-electron chi connectivity index (χ4n) is 1.52. The summed E-state index contributed by atoms with van der Waals surface area (Å²) in [4.78, 5) is 19.2. The molecule has 0 aliphatic rings.